The minimum atomic E-state index is -3.46. The van der Waals surface area contributed by atoms with Crippen molar-refractivity contribution >= 4 is 33.3 Å². The molecular formula is C19H18N2O4S. The maximum atomic E-state index is 12.6. The second kappa shape index (κ2) is 7.03. The highest BCUT2D eigenvalue weighted by atomic mass is 32.2. The zero-order valence-electron chi connectivity index (χ0n) is 14.0. The second-order valence-electron chi connectivity index (χ2n) is 5.94. The quantitative estimate of drug-likeness (QED) is 0.706. The van der Waals surface area contributed by atoms with Gasteiger partial charge < -0.3 is 9.15 Å². The number of para-hydroxylation sites is 2. The summed E-state index contributed by atoms with van der Waals surface area (Å²) in [6.45, 7) is 1.65. The first-order valence-corrected chi connectivity index (χ1v) is 9.78. The predicted molar refractivity (Wildman–Crippen MR) is 99.0 cm³/mol. The number of aromatic nitrogens is 1. The van der Waals surface area contributed by atoms with Gasteiger partial charge in [0.25, 0.3) is 0 Å². The normalized spacial score (nSPS) is 16.5. The Balaban J connectivity index is 1.52. The summed E-state index contributed by atoms with van der Waals surface area (Å²) in [5, 5.41) is 0. The Morgan fingerprint density at radius 1 is 0.962 bits per heavy atom. The number of oxazole rings is 1. The molecule has 0 atom stereocenters. The molecule has 2 heterocycles. The number of fused-ring (bicyclic) bond motifs is 1. The molecule has 1 fully saturated rings. The van der Waals surface area contributed by atoms with E-state index >= 15 is 0 Å². The molecule has 0 aliphatic carbocycles. The lowest BCUT2D eigenvalue weighted by Crippen LogP contribution is -2.40. The second-order valence-corrected chi connectivity index (χ2v) is 7.88. The first kappa shape index (κ1) is 17.0. The Kier molecular flexibility index (Phi) is 4.58. The van der Waals surface area contributed by atoms with Gasteiger partial charge in [0.15, 0.2) is 5.58 Å². The average molecular weight is 370 g/mol. The number of sulfonamides is 1. The summed E-state index contributed by atoms with van der Waals surface area (Å²) in [7, 11) is -3.46. The lowest BCUT2D eigenvalue weighted by Gasteiger charge is -2.26. The molecule has 0 radical (unpaired) electrons. The fraction of sp³-hybridized carbons (Fsp3) is 0.211. The van der Waals surface area contributed by atoms with Gasteiger partial charge >= 0.3 is 0 Å². The lowest BCUT2D eigenvalue weighted by atomic mass is 10.2. The average Bonchev–Trinajstić information content (AvgIpc) is 3.10. The van der Waals surface area contributed by atoms with Crippen LogP contribution in [0.2, 0.25) is 0 Å². The molecule has 0 spiro atoms. The highest BCUT2D eigenvalue weighted by Crippen LogP contribution is 2.20. The van der Waals surface area contributed by atoms with Crippen molar-refractivity contribution in [3.05, 3.63) is 60.0 Å². The highest BCUT2D eigenvalue weighted by molar-refractivity contribution is 7.89. The van der Waals surface area contributed by atoms with Gasteiger partial charge in [0.1, 0.15) is 5.52 Å². The van der Waals surface area contributed by atoms with Crippen molar-refractivity contribution in [2.24, 2.45) is 0 Å². The van der Waals surface area contributed by atoms with Crippen LogP contribution in [0.4, 0.5) is 0 Å². The summed E-state index contributed by atoms with van der Waals surface area (Å²) in [4.78, 5) is 4.67. The van der Waals surface area contributed by atoms with Crippen molar-refractivity contribution in [2.75, 3.05) is 26.3 Å². The van der Waals surface area contributed by atoms with Crippen molar-refractivity contribution in [1.29, 1.82) is 0 Å². The number of morpholine rings is 1. The minimum absolute atomic E-state index is 0.290. The molecule has 1 aliphatic heterocycles. The molecule has 1 aromatic heterocycles. The molecule has 0 saturated carbocycles. The van der Waals surface area contributed by atoms with Crippen LogP contribution in [-0.4, -0.2) is 44.0 Å². The smallest absolute Gasteiger partial charge is 0.243 e. The highest BCUT2D eigenvalue weighted by Gasteiger charge is 2.25. The van der Waals surface area contributed by atoms with Gasteiger partial charge in [-0.3, -0.25) is 0 Å². The third-order valence-corrected chi connectivity index (χ3v) is 6.13. The number of hydrogen-bond acceptors (Lipinski definition) is 5. The Hall–Kier alpha value is -2.48. The van der Waals surface area contributed by atoms with Crippen LogP contribution in [0.3, 0.4) is 0 Å². The van der Waals surface area contributed by atoms with Gasteiger partial charge in [0.2, 0.25) is 15.9 Å². The number of hydrogen-bond donors (Lipinski definition) is 0. The van der Waals surface area contributed by atoms with Crippen LogP contribution in [0.15, 0.2) is 57.8 Å². The van der Waals surface area contributed by atoms with Gasteiger partial charge in [0.05, 0.1) is 18.1 Å². The molecule has 0 N–H and O–H groups in total. The summed E-state index contributed by atoms with van der Waals surface area (Å²) >= 11 is 0. The molecule has 3 aromatic rings. The Morgan fingerprint density at radius 3 is 2.42 bits per heavy atom. The van der Waals surface area contributed by atoms with Crippen LogP contribution in [0.1, 0.15) is 11.5 Å². The molecule has 2 aromatic carbocycles. The number of ether oxygens (including phenoxy) is 1. The molecule has 1 saturated heterocycles. The van der Waals surface area contributed by atoms with Gasteiger partial charge in [-0.15, -0.1) is 0 Å². The molecule has 6 nitrogen and oxygen atoms in total. The molecule has 4 rings (SSSR count). The number of benzene rings is 2. The summed E-state index contributed by atoms with van der Waals surface area (Å²) in [6.07, 6.45) is 3.61. The third-order valence-electron chi connectivity index (χ3n) is 4.22. The lowest BCUT2D eigenvalue weighted by molar-refractivity contribution is 0.0730. The third kappa shape index (κ3) is 3.41. The first-order valence-electron chi connectivity index (χ1n) is 8.34. The summed E-state index contributed by atoms with van der Waals surface area (Å²) in [6, 6.07) is 14.3. The zero-order valence-corrected chi connectivity index (χ0v) is 14.9. The van der Waals surface area contributed by atoms with Gasteiger partial charge in [-0.1, -0.05) is 24.3 Å². The van der Waals surface area contributed by atoms with E-state index < -0.39 is 10.0 Å². The van der Waals surface area contributed by atoms with Crippen molar-refractivity contribution in [2.45, 2.75) is 4.90 Å². The van der Waals surface area contributed by atoms with Crippen LogP contribution in [0.5, 0.6) is 0 Å². The number of nitrogens with zero attached hydrogens (tertiary/aromatic N) is 2. The van der Waals surface area contributed by atoms with E-state index in [-0.39, 0.29) is 0 Å². The van der Waals surface area contributed by atoms with Crippen LogP contribution in [0, 0.1) is 0 Å². The van der Waals surface area contributed by atoms with Crippen LogP contribution < -0.4 is 0 Å². The topological polar surface area (TPSA) is 72.6 Å². The van der Waals surface area contributed by atoms with E-state index in [4.69, 9.17) is 9.15 Å². The maximum absolute atomic E-state index is 12.6. The largest absolute Gasteiger partial charge is 0.437 e. The molecule has 0 unspecified atom stereocenters. The molecule has 0 amide bonds. The van der Waals surface area contributed by atoms with Crippen LogP contribution >= 0.6 is 0 Å². The van der Waals surface area contributed by atoms with E-state index in [9.17, 15) is 8.42 Å². The van der Waals surface area contributed by atoms with E-state index in [0.29, 0.717) is 37.1 Å². The standard InChI is InChI=1S/C19H18N2O4S/c22-26(23,21-11-13-24-14-12-21)16-8-5-15(6-9-16)7-10-19-20-17-3-1-2-4-18(17)25-19/h1-10H,11-14H2/b10-7+. The fourth-order valence-electron chi connectivity index (χ4n) is 2.82. The van der Waals surface area contributed by atoms with Crippen molar-refractivity contribution in [3.8, 4) is 0 Å². The Morgan fingerprint density at radius 2 is 1.69 bits per heavy atom. The molecule has 0 bridgehead atoms. The molecule has 1 aliphatic rings. The zero-order chi connectivity index (χ0) is 18.0. The van der Waals surface area contributed by atoms with E-state index in [0.717, 1.165) is 16.7 Å². The van der Waals surface area contributed by atoms with Gasteiger partial charge in [-0.25, -0.2) is 13.4 Å². The van der Waals surface area contributed by atoms with E-state index in [1.54, 1.807) is 30.3 Å². The van der Waals surface area contributed by atoms with Crippen molar-refractivity contribution in [3.63, 3.8) is 0 Å². The maximum Gasteiger partial charge on any atom is 0.243 e. The van der Waals surface area contributed by atoms with Gasteiger partial charge in [-0.05, 0) is 35.9 Å². The predicted octanol–water partition coefficient (Wildman–Crippen LogP) is 3.02. The summed E-state index contributed by atoms with van der Waals surface area (Å²) in [5.74, 6) is 0.510. The van der Waals surface area contributed by atoms with Crippen LogP contribution in [0.25, 0.3) is 23.3 Å². The fourth-order valence-corrected chi connectivity index (χ4v) is 4.22. The van der Waals surface area contributed by atoms with Crippen molar-refractivity contribution in [1.82, 2.24) is 9.29 Å². The van der Waals surface area contributed by atoms with Gasteiger partial charge in [0, 0.05) is 19.2 Å². The molecule has 7 heteroatoms. The van der Waals surface area contributed by atoms with Gasteiger partial charge in [-0.2, -0.15) is 4.31 Å². The monoisotopic (exact) mass is 370 g/mol. The van der Waals surface area contributed by atoms with E-state index in [1.165, 1.54) is 4.31 Å². The number of rotatable bonds is 4. The first-order chi connectivity index (χ1) is 12.6. The summed E-state index contributed by atoms with van der Waals surface area (Å²) in [5.41, 5.74) is 2.41. The molecule has 134 valence electrons. The summed E-state index contributed by atoms with van der Waals surface area (Å²) < 4.78 is 37.5. The Bertz CT molecular complexity index is 1000. The molecule has 26 heavy (non-hydrogen) atoms. The van der Waals surface area contributed by atoms with Crippen molar-refractivity contribution < 1.29 is 17.6 Å². The van der Waals surface area contributed by atoms with E-state index in [1.807, 2.05) is 30.3 Å². The Labute approximate surface area is 151 Å². The minimum Gasteiger partial charge on any atom is -0.437 e. The molecular weight excluding hydrogens is 352 g/mol. The van der Waals surface area contributed by atoms with Crippen LogP contribution in [-0.2, 0) is 14.8 Å². The van der Waals surface area contributed by atoms with E-state index in [2.05, 4.69) is 4.98 Å². The SMILES string of the molecule is O=S(=O)(c1ccc(/C=C/c2nc3ccccc3o2)cc1)N1CCOCC1.